The number of carbonyl (C=O) groups is 2. The molecule has 0 spiro atoms. The molecule has 0 heterocycles. The fourth-order valence-electron chi connectivity index (χ4n) is 1.82. The molecule has 2 N–H and O–H groups in total. The van der Waals surface area contributed by atoms with E-state index in [-0.39, 0.29) is 12.5 Å². The highest BCUT2D eigenvalue weighted by Crippen LogP contribution is 2.11. The highest BCUT2D eigenvalue weighted by molar-refractivity contribution is 5.89. The number of amides is 2. The van der Waals surface area contributed by atoms with Gasteiger partial charge in [-0.2, -0.15) is 0 Å². The van der Waals surface area contributed by atoms with Crippen LogP contribution < -0.4 is 5.32 Å². The maximum absolute atomic E-state index is 12.2. The van der Waals surface area contributed by atoms with E-state index < -0.39 is 12.0 Å². The van der Waals surface area contributed by atoms with Crippen molar-refractivity contribution in [3.63, 3.8) is 0 Å². The number of benzene rings is 1. The van der Waals surface area contributed by atoms with E-state index in [1.54, 1.807) is 38.2 Å². The zero-order valence-electron chi connectivity index (χ0n) is 11.3. The summed E-state index contributed by atoms with van der Waals surface area (Å²) < 4.78 is 0. The normalized spacial score (nSPS) is 12.0. The molecule has 0 aromatic heterocycles. The lowest BCUT2D eigenvalue weighted by Gasteiger charge is -2.33. The van der Waals surface area contributed by atoms with E-state index in [2.05, 4.69) is 5.32 Å². The number of hydrogen-bond donors (Lipinski definition) is 2. The van der Waals surface area contributed by atoms with Crippen molar-refractivity contribution in [1.29, 1.82) is 0 Å². The minimum absolute atomic E-state index is 0.111. The number of carboxylic acids is 1. The highest BCUT2D eigenvalue weighted by Gasteiger charge is 2.24. The van der Waals surface area contributed by atoms with Gasteiger partial charge >= 0.3 is 12.0 Å². The number of nitrogens with one attached hydrogen (secondary N) is 1. The van der Waals surface area contributed by atoms with Crippen LogP contribution in [0.2, 0.25) is 0 Å². The standard InChI is InChI=1S/C13H19N3O3/c1-10(9-12(17)18)16(15(2)3)13(19)14-11-7-5-4-6-8-11/h4-8,10H,9H2,1-3H3,(H,14,19)(H,17,18). The average Bonchev–Trinajstić information content (AvgIpc) is 2.28. The summed E-state index contributed by atoms with van der Waals surface area (Å²) in [5.41, 5.74) is 0.668. The molecule has 6 heteroatoms. The van der Waals surface area contributed by atoms with Crippen molar-refractivity contribution in [1.82, 2.24) is 10.0 Å². The molecule has 19 heavy (non-hydrogen) atoms. The Balaban J connectivity index is 2.76. The van der Waals surface area contributed by atoms with Crippen molar-refractivity contribution in [3.8, 4) is 0 Å². The fraction of sp³-hybridized carbons (Fsp3) is 0.385. The number of rotatable bonds is 5. The van der Waals surface area contributed by atoms with Crippen LogP contribution in [0, 0.1) is 0 Å². The van der Waals surface area contributed by atoms with E-state index >= 15 is 0 Å². The molecule has 1 unspecified atom stereocenters. The van der Waals surface area contributed by atoms with Gasteiger partial charge in [-0.3, -0.25) is 9.80 Å². The highest BCUT2D eigenvalue weighted by atomic mass is 16.4. The zero-order chi connectivity index (χ0) is 14.4. The Hall–Kier alpha value is -2.08. The van der Waals surface area contributed by atoms with Gasteiger partial charge in [0.1, 0.15) is 0 Å². The Morgan fingerprint density at radius 3 is 2.32 bits per heavy atom. The van der Waals surface area contributed by atoms with Crippen molar-refractivity contribution in [3.05, 3.63) is 30.3 Å². The smallest absolute Gasteiger partial charge is 0.336 e. The number of nitrogens with zero attached hydrogens (tertiary/aromatic N) is 2. The molecule has 6 nitrogen and oxygen atoms in total. The third-order valence-electron chi connectivity index (χ3n) is 2.55. The van der Waals surface area contributed by atoms with Gasteiger partial charge in [0, 0.05) is 19.8 Å². The van der Waals surface area contributed by atoms with Crippen molar-refractivity contribution in [2.45, 2.75) is 19.4 Å². The maximum Gasteiger partial charge on any atom is 0.336 e. The van der Waals surface area contributed by atoms with Crippen molar-refractivity contribution in [2.75, 3.05) is 19.4 Å². The molecule has 0 aliphatic carbocycles. The Morgan fingerprint density at radius 2 is 1.84 bits per heavy atom. The minimum Gasteiger partial charge on any atom is -0.481 e. The second-order valence-electron chi connectivity index (χ2n) is 4.43. The topological polar surface area (TPSA) is 72.9 Å². The van der Waals surface area contributed by atoms with Crippen LogP contribution in [0.15, 0.2) is 30.3 Å². The number of aliphatic carboxylic acids is 1. The molecule has 0 saturated heterocycles. The van der Waals surface area contributed by atoms with Gasteiger partial charge < -0.3 is 10.4 Å². The number of carboxylic acid groups (broad SMARTS) is 1. The Bertz CT molecular complexity index is 434. The first-order valence-electron chi connectivity index (χ1n) is 5.96. The largest absolute Gasteiger partial charge is 0.481 e. The number of urea groups is 1. The minimum atomic E-state index is -0.938. The van der Waals surface area contributed by atoms with Crippen LogP contribution in [0.4, 0.5) is 10.5 Å². The molecule has 104 valence electrons. The van der Waals surface area contributed by atoms with Gasteiger partial charge in [0.2, 0.25) is 0 Å². The first-order chi connectivity index (χ1) is 8.91. The Kier molecular flexibility index (Phi) is 5.32. The van der Waals surface area contributed by atoms with E-state index in [4.69, 9.17) is 5.11 Å². The lowest BCUT2D eigenvalue weighted by atomic mass is 10.2. The van der Waals surface area contributed by atoms with Gasteiger partial charge in [-0.15, -0.1) is 0 Å². The molecule has 1 aromatic carbocycles. The lowest BCUT2D eigenvalue weighted by molar-refractivity contribution is -0.139. The van der Waals surface area contributed by atoms with E-state index in [0.717, 1.165) is 0 Å². The van der Waals surface area contributed by atoms with Crippen LogP contribution in [0.3, 0.4) is 0 Å². The van der Waals surface area contributed by atoms with Crippen LogP contribution in [0.5, 0.6) is 0 Å². The Morgan fingerprint density at radius 1 is 1.26 bits per heavy atom. The average molecular weight is 265 g/mol. The summed E-state index contributed by atoms with van der Waals surface area (Å²) in [6.45, 7) is 1.69. The molecule has 1 aromatic rings. The molecule has 0 fully saturated rings. The van der Waals surface area contributed by atoms with Crippen LogP contribution in [0.25, 0.3) is 0 Å². The van der Waals surface area contributed by atoms with Gasteiger partial charge in [-0.25, -0.2) is 9.80 Å². The molecular formula is C13H19N3O3. The van der Waals surface area contributed by atoms with E-state index in [0.29, 0.717) is 5.69 Å². The summed E-state index contributed by atoms with van der Waals surface area (Å²) in [4.78, 5) is 22.9. The van der Waals surface area contributed by atoms with E-state index in [1.165, 1.54) is 5.01 Å². The third-order valence-corrected chi connectivity index (χ3v) is 2.55. The summed E-state index contributed by atoms with van der Waals surface area (Å²) >= 11 is 0. The molecule has 1 atom stereocenters. The molecule has 1 rings (SSSR count). The van der Waals surface area contributed by atoms with Gasteiger partial charge in [-0.05, 0) is 19.1 Å². The number of carbonyl (C=O) groups excluding carboxylic acids is 1. The van der Waals surface area contributed by atoms with E-state index in [9.17, 15) is 9.59 Å². The lowest BCUT2D eigenvalue weighted by Crippen LogP contribution is -2.50. The number of para-hydroxylation sites is 1. The summed E-state index contributed by atoms with van der Waals surface area (Å²) in [5.74, 6) is -0.938. The molecule has 0 radical (unpaired) electrons. The third kappa shape index (κ3) is 4.59. The summed E-state index contributed by atoms with van der Waals surface area (Å²) in [6.07, 6.45) is -0.111. The predicted molar refractivity (Wildman–Crippen MR) is 72.7 cm³/mol. The summed E-state index contributed by atoms with van der Waals surface area (Å²) in [7, 11) is 3.39. The molecule has 2 amide bonds. The van der Waals surface area contributed by atoms with Crippen LogP contribution >= 0.6 is 0 Å². The maximum atomic E-state index is 12.2. The molecular weight excluding hydrogens is 246 g/mol. The molecule has 0 bridgehead atoms. The van der Waals surface area contributed by atoms with Gasteiger partial charge in [0.05, 0.1) is 12.5 Å². The molecule has 0 saturated carbocycles. The summed E-state index contributed by atoms with van der Waals surface area (Å²) in [5, 5.41) is 14.5. The number of hydrogen-bond acceptors (Lipinski definition) is 3. The van der Waals surface area contributed by atoms with Crippen molar-refractivity contribution >= 4 is 17.7 Å². The quantitative estimate of drug-likeness (QED) is 0.797. The molecule has 0 aliphatic rings. The number of hydrazine groups is 1. The van der Waals surface area contributed by atoms with Crippen LogP contribution in [-0.4, -0.2) is 47.3 Å². The Labute approximate surface area is 112 Å². The van der Waals surface area contributed by atoms with Gasteiger partial charge in [-0.1, -0.05) is 18.2 Å². The first-order valence-corrected chi connectivity index (χ1v) is 5.96. The zero-order valence-corrected chi connectivity index (χ0v) is 11.3. The van der Waals surface area contributed by atoms with Gasteiger partial charge in [0.25, 0.3) is 0 Å². The fourth-order valence-corrected chi connectivity index (χ4v) is 1.82. The second-order valence-corrected chi connectivity index (χ2v) is 4.43. The molecule has 0 aliphatic heterocycles. The van der Waals surface area contributed by atoms with Crippen molar-refractivity contribution in [2.24, 2.45) is 0 Å². The first kappa shape index (κ1) is 15.0. The van der Waals surface area contributed by atoms with Gasteiger partial charge in [0.15, 0.2) is 0 Å². The second kappa shape index (κ2) is 6.75. The summed E-state index contributed by atoms with van der Waals surface area (Å²) in [6, 6.07) is 8.24. The monoisotopic (exact) mass is 265 g/mol. The SMILES string of the molecule is CC(CC(=O)O)N(C(=O)Nc1ccccc1)N(C)C. The predicted octanol–water partition coefficient (Wildman–Crippen LogP) is 1.86. The van der Waals surface area contributed by atoms with Crippen LogP contribution in [-0.2, 0) is 4.79 Å². The number of anilines is 1. The van der Waals surface area contributed by atoms with Crippen molar-refractivity contribution < 1.29 is 14.7 Å². The van der Waals surface area contributed by atoms with E-state index in [1.807, 2.05) is 18.2 Å². The van der Waals surface area contributed by atoms with Crippen LogP contribution in [0.1, 0.15) is 13.3 Å².